The van der Waals surface area contributed by atoms with Crippen molar-refractivity contribution in [1.82, 2.24) is 9.80 Å². The number of nitrogens with zero attached hydrogens (tertiary/aromatic N) is 2. The van der Waals surface area contributed by atoms with Crippen LogP contribution >= 0.6 is 11.3 Å². The molecule has 27 heavy (non-hydrogen) atoms. The Balaban J connectivity index is 1.91. The van der Waals surface area contributed by atoms with Gasteiger partial charge in [0.2, 0.25) is 5.91 Å². The summed E-state index contributed by atoms with van der Waals surface area (Å²) in [4.78, 5) is 30.3. The summed E-state index contributed by atoms with van der Waals surface area (Å²) in [7, 11) is 3.47. The van der Waals surface area contributed by atoms with Crippen LogP contribution in [-0.4, -0.2) is 54.9 Å². The standard InChI is InChI=1S/C21H26N2O3S/c1-14(2)22(3)20(24)18-13-23(21(25)19-9-6-10-27-19)12-17(18)15-7-5-8-16(11-15)26-4/h5-11,14,17-18H,12-13H2,1-4H3. The van der Waals surface area contributed by atoms with E-state index in [1.807, 2.05) is 67.6 Å². The van der Waals surface area contributed by atoms with Gasteiger partial charge in [0.1, 0.15) is 5.75 Å². The molecule has 6 heteroatoms. The fraction of sp³-hybridized carbons (Fsp3) is 0.429. The first-order chi connectivity index (χ1) is 12.9. The first kappa shape index (κ1) is 19.4. The molecule has 1 saturated heterocycles. The molecule has 1 aromatic carbocycles. The van der Waals surface area contributed by atoms with E-state index in [9.17, 15) is 9.59 Å². The average molecular weight is 387 g/mol. The Morgan fingerprint density at radius 2 is 2.00 bits per heavy atom. The van der Waals surface area contributed by atoms with Crippen LogP contribution in [0.4, 0.5) is 0 Å². The minimum Gasteiger partial charge on any atom is -0.497 e. The van der Waals surface area contributed by atoms with E-state index in [0.717, 1.165) is 11.3 Å². The number of carbonyl (C=O) groups is 2. The maximum absolute atomic E-state index is 13.1. The molecular formula is C21H26N2O3S. The molecule has 0 radical (unpaired) electrons. The van der Waals surface area contributed by atoms with E-state index in [2.05, 4.69) is 0 Å². The van der Waals surface area contributed by atoms with Gasteiger partial charge in [-0.15, -0.1) is 11.3 Å². The molecule has 2 unspecified atom stereocenters. The lowest BCUT2D eigenvalue weighted by atomic mass is 9.87. The van der Waals surface area contributed by atoms with Crippen molar-refractivity contribution in [1.29, 1.82) is 0 Å². The maximum atomic E-state index is 13.1. The summed E-state index contributed by atoms with van der Waals surface area (Å²) >= 11 is 1.44. The topological polar surface area (TPSA) is 49.9 Å². The van der Waals surface area contributed by atoms with Crippen molar-refractivity contribution in [2.45, 2.75) is 25.8 Å². The molecular weight excluding hydrogens is 360 g/mol. The number of rotatable bonds is 5. The number of amides is 2. The number of methoxy groups -OCH3 is 1. The fourth-order valence-corrected chi connectivity index (χ4v) is 4.19. The minimum absolute atomic E-state index is 0.000367. The van der Waals surface area contributed by atoms with Gasteiger partial charge in [0.15, 0.2) is 0 Å². The average Bonchev–Trinajstić information content (AvgIpc) is 3.36. The zero-order chi connectivity index (χ0) is 19.6. The fourth-order valence-electron chi connectivity index (χ4n) is 3.50. The summed E-state index contributed by atoms with van der Waals surface area (Å²) in [6.45, 7) is 4.98. The van der Waals surface area contributed by atoms with Crippen LogP contribution in [0.2, 0.25) is 0 Å². The molecule has 0 bridgehead atoms. The highest BCUT2D eigenvalue weighted by Gasteiger charge is 2.42. The van der Waals surface area contributed by atoms with E-state index in [-0.39, 0.29) is 29.7 Å². The zero-order valence-electron chi connectivity index (χ0n) is 16.2. The third-order valence-corrected chi connectivity index (χ3v) is 6.16. The lowest BCUT2D eigenvalue weighted by Crippen LogP contribution is -2.40. The number of carbonyl (C=O) groups excluding carboxylic acids is 2. The van der Waals surface area contributed by atoms with Crippen LogP contribution in [0, 0.1) is 5.92 Å². The number of ether oxygens (including phenoxy) is 1. The van der Waals surface area contributed by atoms with Crippen LogP contribution in [0.1, 0.15) is 35.0 Å². The summed E-state index contributed by atoms with van der Waals surface area (Å²) in [6, 6.07) is 11.6. The molecule has 2 aromatic rings. The van der Waals surface area contributed by atoms with Crippen molar-refractivity contribution in [2.24, 2.45) is 5.92 Å². The smallest absolute Gasteiger partial charge is 0.263 e. The Morgan fingerprint density at radius 3 is 2.63 bits per heavy atom. The summed E-state index contributed by atoms with van der Waals surface area (Å²) in [5.74, 6) is 0.546. The molecule has 0 saturated carbocycles. The molecule has 1 fully saturated rings. The first-order valence-corrected chi connectivity index (χ1v) is 10.0. The molecule has 0 spiro atoms. The van der Waals surface area contributed by atoms with Crippen LogP contribution in [-0.2, 0) is 4.79 Å². The van der Waals surface area contributed by atoms with Crippen molar-refractivity contribution in [3.05, 3.63) is 52.2 Å². The predicted molar refractivity (Wildman–Crippen MR) is 107 cm³/mol. The summed E-state index contributed by atoms with van der Waals surface area (Å²) in [5, 5.41) is 1.90. The molecule has 0 aliphatic carbocycles. The van der Waals surface area contributed by atoms with Crippen molar-refractivity contribution < 1.29 is 14.3 Å². The van der Waals surface area contributed by atoms with Gasteiger partial charge in [0.25, 0.3) is 5.91 Å². The van der Waals surface area contributed by atoms with E-state index in [4.69, 9.17) is 4.74 Å². The molecule has 1 aliphatic heterocycles. The third-order valence-electron chi connectivity index (χ3n) is 5.30. The van der Waals surface area contributed by atoms with Gasteiger partial charge >= 0.3 is 0 Å². The Labute approximate surface area is 164 Å². The Bertz CT molecular complexity index is 804. The number of likely N-dealkylation sites (tertiary alicyclic amines) is 1. The monoisotopic (exact) mass is 386 g/mol. The molecule has 3 rings (SSSR count). The van der Waals surface area contributed by atoms with Gasteiger partial charge in [-0.3, -0.25) is 9.59 Å². The van der Waals surface area contributed by atoms with Gasteiger partial charge in [-0.2, -0.15) is 0 Å². The van der Waals surface area contributed by atoms with Crippen LogP contribution in [0.5, 0.6) is 5.75 Å². The van der Waals surface area contributed by atoms with E-state index in [1.165, 1.54) is 11.3 Å². The van der Waals surface area contributed by atoms with Crippen LogP contribution in [0.25, 0.3) is 0 Å². The largest absolute Gasteiger partial charge is 0.497 e. The lowest BCUT2D eigenvalue weighted by molar-refractivity contribution is -0.135. The van der Waals surface area contributed by atoms with Crippen molar-refractivity contribution in [3.8, 4) is 5.75 Å². The normalized spacial score (nSPS) is 19.4. The number of benzene rings is 1. The summed E-state index contributed by atoms with van der Waals surface area (Å²) in [6.07, 6.45) is 0. The second-order valence-electron chi connectivity index (χ2n) is 7.22. The highest BCUT2D eigenvalue weighted by Crippen LogP contribution is 2.36. The predicted octanol–water partition coefficient (Wildman–Crippen LogP) is 3.48. The number of hydrogen-bond acceptors (Lipinski definition) is 4. The summed E-state index contributed by atoms with van der Waals surface area (Å²) in [5.41, 5.74) is 1.03. The lowest BCUT2D eigenvalue weighted by Gasteiger charge is -2.27. The molecule has 2 amide bonds. The molecule has 144 valence electrons. The van der Waals surface area contributed by atoms with Crippen molar-refractivity contribution in [2.75, 3.05) is 27.2 Å². The van der Waals surface area contributed by atoms with Gasteiger partial charge in [-0.05, 0) is 43.0 Å². The van der Waals surface area contributed by atoms with Crippen molar-refractivity contribution >= 4 is 23.2 Å². The first-order valence-electron chi connectivity index (χ1n) is 9.15. The maximum Gasteiger partial charge on any atom is 0.263 e. The molecule has 2 heterocycles. The van der Waals surface area contributed by atoms with Gasteiger partial charge in [-0.25, -0.2) is 0 Å². The minimum atomic E-state index is -0.256. The van der Waals surface area contributed by atoms with E-state index in [0.29, 0.717) is 18.0 Å². The molecule has 1 aromatic heterocycles. The SMILES string of the molecule is COc1cccc(C2CN(C(=O)c3cccs3)CC2C(=O)N(C)C(C)C)c1. The molecule has 1 aliphatic rings. The van der Waals surface area contributed by atoms with E-state index >= 15 is 0 Å². The Morgan fingerprint density at radius 1 is 1.22 bits per heavy atom. The highest BCUT2D eigenvalue weighted by molar-refractivity contribution is 7.12. The second kappa shape index (κ2) is 8.13. The van der Waals surface area contributed by atoms with Gasteiger partial charge in [0, 0.05) is 32.1 Å². The number of thiophene rings is 1. The van der Waals surface area contributed by atoms with E-state index < -0.39 is 0 Å². The highest BCUT2D eigenvalue weighted by atomic mass is 32.1. The van der Waals surface area contributed by atoms with Crippen LogP contribution < -0.4 is 4.74 Å². The van der Waals surface area contributed by atoms with Gasteiger partial charge < -0.3 is 14.5 Å². The van der Waals surface area contributed by atoms with Crippen LogP contribution in [0.15, 0.2) is 41.8 Å². The quantitative estimate of drug-likeness (QED) is 0.790. The second-order valence-corrected chi connectivity index (χ2v) is 8.17. The number of hydrogen-bond donors (Lipinski definition) is 0. The van der Waals surface area contributed by atoms with E-state index in [1.54, 1.807) is 12.0 Å². The zero-order valence-corrected chi connectivity index (χ0v) is 17.0. The molecule has 0 N–H and O–H groups in total. The summed E-state index contributed by atoms with van der Waals surface area (Å²) < 4.78 is 5.35. The Hall–Kier alpha value is -2.34. The van der Waals surface area contributed by atoms with Gasteiger partial charge in [-0.1, -0.05) is 18.2 Å². The van der Waals surface area contributed by atoms with Crippen molar-refractivity contribution in [3.63, 3.8) is 0 Å². The van der Waals surface area contributed by atoms with Crippen LogP contribution in [0.3, 0.4) is 0 Å². The molecule has 2 atom stereocenters. The van der Waals surface area contributed by atoms with Gasteiger partial charge in [0.05, 0.1) is 17.9 Å². The third kappa shape index (κ3) is 4.00. The Kier molecular flexibility index (Phi) is 5.85. The molecule has 5 nitrogen and oxygen atoms in total.